The quantitative estimate of drug-likeness (QED) is 0.834. The Balaban J connectivity index is 2.10. The average Bonchev–Trinajstić information content (AvgIpc) is 2.41. The molecule has 0 bridgehead atoms. The van der Waals surface area contributed by atoms with Crippen LogP contribution < -0.4 is 15.2 Å². The van der Waals surface area contributed by atoms with E-state index in [0.29, 0.717) is 5.75 Å². The van der Waals surface area contributed by atoms with Crippen LogP contribution in [0.15, 0.2) is 23.1 Å². The summed E-state index contributed by atoms with van der Waals surface area (Å²) in [5, 5.41) is 0. The molecule has 0 aromatic heterocycles. The highest BCUT2D eigenvalue weighted by Crippen LogP contribution is 2.29. The van der Waals surface area contributed by atoms with E-state index in [1.54, 1.807) is 12.1 Å². The second-order valence-corrected chi connectivity index (χ2v) is 7.26. The zero-order valence-electron chi connectivity index (χ0n) is 11.9. The van der Waals surface area contributed by atoms with Gasteiger partial charge in [-0.1, -0.05) is 6.92 Å². The Labute approximate surface area is 120 Å². The molecule has 1 aromatic carbocycles. The van der Waals surface area contributed by atoms with E-state index in [1.807, 2.05) is 0 Å². The van der Waals surface area contributed by atoms with Crippen LogP contribution in [-0.2, 0) is 10.0 Å². The molecule has 0 amide bonds. The molecule has 3 N–H and O–H groups in total. The molecule has 20 heavy (non-hydrogen) atoms. The molecule has 5 nitrogen and oxygen atoms in total. The Morgan fingerprint density at radius 2 is 1.90 bits per heavy atom. The van der Waals surface area contributed by atoms with Crippen molar-refractivity contribution in [1.29, 1.82) is 0 Å². The fraction of sp³-hybridized carbons (Fsp3) is 0.571. The van der Waals surface area contributed by atoms with Crippen LogP contribution in [-0.4, -0.2) is 21.6 Å². The Kier molecular flexibility index (Phi) is 4.55. The molecule has 0 heterocycles. The van der Waals surface area contributed by atoms with Gasteiger partial charge in [0, 0.05) is 6.07 Å². The number of nitrogen functional groups attached to an aromatic ring is 1. The number of hydrogen-bond donors (Lipinski definition) is 2. The van der Waals surface area contributed by atoms with E-state index in [1.165, 1.54) is 26.0 Å². The second-order valence-electron chi connectivity index (χ2n) is 5.41. The van der Waals surface area contributed by atoms with Crippen LogP contribution >= 0.6 is 0 Å². The lowest BCUT2D eigenvalue weighted by atomic mass is 9.89. The van der Waals surface area contributed by atoms with Gasteiger partial charge < -0.3 is 10.5 Å². The van der Waals surface area contributed by atoms with Gasteiger partial charge in [-0.3, -0.25) is 0 Å². The molecule has 0 spiro atoms. The fourth-order valence-corrected chi connectivity index (χ4v) is 3.33. The zero-order chi connectivity index (χ0) is 14.8. The van der Waals surface area contributed by atoms with Gasteiger partial charge in [-0.05, 0) is 50.8 Å². The summed E-state index contributed by atoms with van der Waals surface area (Å²) >= 11 is 0. The number of benzene rings is 1. The minimum atomic E-state index is -3.52. The van der Waals surface area contributed by atoms with Crippen LogP contribution in [0, 0.1) is 5.92 Å². The Morgan fingerprint density at radius 3 is 2.45 bits per heavy atom. The number of ether oxygens (including phenoxy) is 1. The molecule has 0 atom stereocenters. The topological polar surface area (TPSA) is 81.4 Å². The minimum Gasteiger partial charge on any atom is -0.490 e. The SMILES string of the molecule is CNS(=O)(=O)c1ccc(OC2CCC(C)CC2)cc1N. The van der Waals surface area contributed by atoms with Gasteiger partial charge in [-0.2, -0.15) is 0 Å². The molecule has 0 aliphatic heterocycles. The molecule has 0 radical (unpaired) electrons. The van der Waals surface area contributed by atoms with Gasteiger partial charge in [0.25, 0.3) is 0 Å². The van der Waals surface area contributed by atoms with E-state index < -0.39 is 10.0 Å². The largest absolute Gasteiger partial charge is 0.490 e. The van der Waals surface area contributed by atoms with Crippen LogP contribution in [0.2, 0.25) is 0 Å². The Hall–Kier alpha value is -1.27. The van der Waals surface area contributed by atoms with Crippen LogP contribution in [0.1, 0.15) is 32.6 Å². The van der Waals surface area contributed by atoms with Crippen LogP contribution in [0.4, 0.5) is 5.69 Å². The van der Waals surface area contributed by atoms with Gasteiger partial charge in [-0.25, -0.2) is 13.1 Å². The summed E-state index contributed by atoms with van der Waals surface area (Å²) in [6, 6.07) is 4.74. The van der Waals surface area contributed by atoms with Crippen molar-refractivity contribution in [3.8, 4) is 5.75 Å². The third-order valence-electron chi connectivity index (χ3n) is 3.81. The number of nitrogens with two attached hydrogens (primary N) is 1. The predicted molar refractivity (Wildman–Crippen MR) is 79.1 cm³/mol. The lowest BCUT2D eigenvalue weighted by Gasteiger charge is -2.27. The van der Waals surface area contributed by atoms with E-state index in [9.17, 15) is 8.42 Å². The molecule has 2 rings (SSSR count). The first-order valence-corrected chi connectivity index (χ1v) is 8.40. The maximum absolute atomic E-state index is 11.7. The molecule has 112 valence electrons. The molecule has 1 fully saturated rings. The molecular weight excluding hydrogens is 276 g/mol. The number of nitrogens with one attached hydrogen (secondary N) is 1. The average molecular weight is 298 g/mol. The van der Waals surface area contributed by atoms with Crippen molar-refractivity contribution in [2.45, 2.75) is 43.6 Å². The highest BCUT2D eigenvalue weighted by Gasteiger charge is 2.21. The summed E-state index contributed by atoms with van der Waals surface area (Å²) in [7, 11) is -2.15. The summed E-state index contributed by atoms with van der Waals surface area (Å²) in [5.41, 5.74) is 6.02. The van der Waals surface area contributed by atoms with Crippen molar-refractivity contribution in [2.24, 2.45) is 5.92 Å². The summed E-state index contributed by atoms with van der Waals surface area (Å²) in [4.78, 5) is 0.0876. The molecule has 1 aliphatic carbocycles. The minimum absolute atomic E-state index is 0.0876. The molecular formula is C14H22N2O3S. The van der Waals surface area contributed by atoms with Crippen molar-refractivity contribution < 1.29 is 13.2 Å². The van der Waals surface area contributed by atoms with E-state index in [4.69, 9.17) is 10.5 Å². The van der Waals surface area contributed by atoms with Crippen molar-refractivity contribution in [3.63, 3.8) is 0 Å². The van der Waals surface area contributed by atoms with Crippen molar-refractivity contribution in [3.05, 3.63) is 18.2 Å². The van der Waals surface area contributed by atoms with Gasteiger partial charge in [0.2, 0.25) is 10.0 Å². The Morgan fingerprint density at radius 1 is 1.25 bits per heavy atom. The number of hydrogen-bond acceptors (Lipinski definition) is 4. The zero-order valence-corrected chi connectivity index (χ0v) is 12.7. The van der Waals surface area contributed by atoms with Crippen LogP contribution in [0.5, 0.6) is 5.75 Å². The maximum Gasteiger partial charge on any atom is 0.242 e. The second kappa shape index (κ2) is 6.01. The first kappa shape index (κ1) is 15.1. The monoisotopic (exact) mass is 298 g/mol. The molecule has 1 saturated carbocycles. The standard InChI is InChI=1S/C14H22N2O3S/c1-10-3-5-11(6-4-10)19-12-7-8-14(13(15)9-12)20(17,18)16-2/h7-11,16H,3-6,15H2,1-2H3. The smallest absolute Gasteiger partial charge is 0.242 e. The van der Waals surface area contributed by atoms with E-state index in [-0.39, 0.29) is 16.7 Å². The molecule has 1 aliphatic rings. The summed E-state index contributed by atoms with van der Waals surface area (Å²) in [6.45, 7) is 2.26. The van der Waals surface area contributed by atoms with Crippen molar-refractivity contribution >= 4 is 15.7 Å². The molecule has 0 saturated heterocycles. The third kappa shape index (κ3) is 3.43. The van der Waals surface area contributed by atoms with Crippen molar-refractivity contribution in [1.82, 2.24) is 4.72 Å². The molecule has 1 aromatic rings. The maximum atomic E-state index is 11.7. The molecule has 0 unspecified atom stereocenters. The first-order valence-electron chi connectivity index (χ1n) is 6.92. The predicted octanol–water partition coefficient (Wildman–Crippen LogP) is 2.13. The lowest BCUT2D eigenvalue weighted by molar-refractivity contribution is 0.135. The summed E-state index contributed by atoms with van der Waals surface area (Å²) < 4.78 is 31.6. The van der Waals surface area contributed by atoms with Gasteiger partial charge in [0.05, 0.1) is 11.8 Å². The first-order chi connectivity index (χ1) is 9.42. The summed E-state index contributed by atoms with van der Waals surface area (Å²) in [6.07, 6.45) is 4.63. The highest BCUT2D eigenvalue weighted by atomic mass is 32.2. The van der Waals surface area contributed by atoms with Gasteiger partial charge in [0.15, 0.2) is 0 Å². The normalized spacial score (nSPS) is 23.5. The Bertz CT molecular complexity index is 564. The van der Waals surface area contributed by atoms with Crippen LogP contribution in [0.3, 0.4) is 0 Å². The number of anilines is 1. The van der Waals surface area contributed by atoms with Crippen LogP contribution in [0.25, 0.3) is 0 Å². The van der Waals surface area contributed by atoms with Crippen molar-refractivity contribution in [2.75, 3.05) is 12.8 Å². The summed E-state index contributed by atoms with van der Waals surface area (Å²) in [5.74, 6) is 1.40. The fourth-order valence-electron chi connectivity index (χ4n) is 2.49. The van der Waals surface area contributed by atoms with Gasteiger partial charge in [-0.15, -0.1) is 0 Å². The lowest BCUT2D eigenvalue weighted by Crippen LogP contribution is -2.23. The van der Waals surface area contributed by atoms with E-state index in [0.717, 1.165) is 18.8 Å². The van der Waals surface area contributed by atoms with Gasteiger partial charge in [0.1, 0.15) is 10.6 Å². The number of rotatable bonds is 4. The van der Waals surface area contributed by atoms with Gasteiger partial charge >= 0.3 is 0 Å². The third-order valence-corrected chi connectivity index (χ3v) is 5.29. The highest BCUT2D eigenvalue weighted by molar-refractivity contribution is 7.89. The van der Waals surface area contributed by atoms with E-state index in [2.05, 4.69) is 11.6 Å². The molecule has 6 heteroatoms. The van der Waals surface area contributed by atoms with E-state index >= 15 is 0 Å². The number of sulfonamides is 1.